The Bertz CT molecular complexity index is 1460. The van der Waals surface area contributed by atoms with Gasteiger partial charge in [-0.1, -0.05) is 17.7 Å². The third-order valence-electron chi connectivity index (χ3n) is 5.20. The minimum absolute atomic E-state index is 0.0310. The molecule has 0 saturated carbocycles. The molecule has 8 nitrogen and oxygen atoms in total. The van der Waals surface area contributed by atoms with Gasteiger partial charge in [0.05, 0.1) is 10.6 Å². The van der Waals surface area contributed by atoms with Crippen LogP contribution in [0.4, 0.5) is 0 Å². The van der Waals surface area contributed by atoms with E-state index in [-0.39, 0.29) is 4.90 Å². The zero-order chi connectivity index (χ0) is 23.0. The van der Waals surface area contributed by atoms with E-state index in [0.29, 0.717) is 11.3 Å². The number of hydrogen-bond acceptors (Lipinski definition) is 5. The lowest BCUT2D eigenvalue weighted by molar-refractivity contribution is -0.114. The van der Waals surface area contributed by atoms with Gasteiger partial charge in [-0.15, -0.1) is 0 Å². The van der Waals surface area contributed by atoms with Gasteiger partial charge in [0.2, 0.25) is 0 Å². The van der Waals surface area contributed by atoms with Gasteiger partial charge >= 0.3 is 0 Å². The summed E-state index contributed by atoms with van der Waals surface area (Å²) in [6.07, 6.45) is 6.46. The highest BCUT2D eigenvalue weighted by atomic mass is 32.2. The summed E-state index contributed by atoms with van der Waals surface area (Å²) in [5, 5.41) is 5.50. The molecule has 4 aromatic rings. The third kappa shape index (κ3) is 3.94. The van der Waals surface area contributed by atoms with Gasteiger partial charge in [0.1, 0.15) is 11.5 Å². The van der Waals surface area contributed by atoms with Crippen LogP contribution in [-0.2, 0) is 21.9 Å². The number of pyridine rings is 1. The summed E-state index contributed by atoms with van der Waals surface area (Å²) in [6.45, 7) is 5.69. The molecule has 1 amide bonds. The Labute approximate surface area is 186 Å². The first kappa shape index (κ1) is 21.5. The second-order valence-electron chi connectivity index (χ2n) is 7.62. The number of nitrogens with zero attached hydrogens (tertiary/aromatic N) is 4. The number of benzene rings is 1. The molecule has 4 rings (SSSR count). The summed E-state index contributed by atoms with van der Waals surface area (Å²) >= 11 is 0. The molecule has 0 bridgehead atoms. The van der Waals surface area contributed by atoms with Crippen LogP contribution in [-0.4, -0.2) is 33.7 Å². The summed E-state index contributed by atoms with van der Waals surface area (Å²) < 4.78 is 30.7. The van der Waals surface area contributed by atoms with Gasteiger partial charge in [0.15, 0.2) is 0 Å². The van der Waals surface area contributed by atoms with E-state index in [9.17, 15) is 13.2 Å². The Balaban J connectivity index is 1.67. The first-order valence-corrected chi connectivity index (χ1v) is 11.4. The monoisotopic (exact) mass is 449 g/mol. The molecule has 32 heavy (non-hydrogen) atoms. The second-order valence-corrected chi connectivity index (χ2v) is 9.30. The molecule has 3 aromatic heterocycles. The fourth-order valence-electron chi connectivity index (χ4n) is 3.63. The van der Waals surface area contributed by atoms with Crippen LogP contribution >= 0.6 is 0 Å². The molecule has 0 aliphatic carbocycles. The van der Waals surface area contributed by atoms with E-state index in [2.05, 4.69) is 14.8 Å². The molecule has 164 valence electrons. The van der Waals surface area contributed by atoms with Crippen molar-refractivity contribution < 1.29 is 13.2 Å². The van der Waals surface area contributed by atoms with E-state index in [1.165, 1.54) is 18.2 Å². The molecule has 0 radical (unpaired) electrons. The summed E-state index contributed by atoms with van der Waals surface area (Å²) in [6, 6.07) is 10.2. The third-order valence-corrected chi connectivity index (χ3v) is 6.56. The number of aromatic nitrogens is 4. The van der Waals surface area contributed by atoms with Gasteiger partial charge in [-0.2, -0.15) is 5.10 Å². The van der Waals surface area contributed by atoms with E-state index < -0.39 is 15.9 Å². The molecule has 0 aliphatic heterocycles. The fourth-order valence-corrected chi connectivity index (χ4v) is 4.57. The average Bonchev–Trinajstić information content (AvgIpc) is 3.21. The average molecular weight is 450 g/mol. The maximum Gasteiger partial charge on any atom is 0.264 e. The number of rotatable bonds is 5. The van der Waals surface area contributed by atoms with Gasteiger partial charge in [-0.05, 0) is 56.7 Å². The molecular formula is C23H23N5O3S. The number of carbonyl (C=O) groups is 1. The van der Waals surface area contributed by atoms with Gasteiger partial charge in [0, 0.05) is 36.5 Å². The molecule has 9 heteroatoms. The summed E-state index contributed by atoms with van der Waals surface area (Å²) in [5.74, 6) is -0.0174. The Kier molecular flexibility index (Phi) is 5.43. The van der Waals surface area contributed by atoms with E-state index in [1.807, 2.05) is 50.7 Å². The number of carbonyl (C=O) groups excluding carboxylic acids is 1. The predicted octanol–water partition coefficient (Wildman–Crippen LogP) is 3.20. The number of sulfonamides is 1. The van der Waals surface area contributed by atoms with Crippen LogP contribution in [0.15, 0.2) is 59.8 Å². The van der Waals surface area contributed by atoms with Gasteiger partial charge in [0.25, 0.3) is 15.9 Å². The highest BCUT2D eigenvalue weighted by Crippen LogP contribution is 2.26. The van der Waals surface area contributed by atoms with Crippen molar-refractivity contribution in [1.29, 1.82) is 0 Å². The van der Waals surface area contributed by atoms with Crippen molar-refractivity contribution in [3.05, 3.63) is 77.3 Å². The van der Waals surface area contributed by atoms with Gasteiger partial charge in [-0.3, -0.25) is 14.0 Å². The first-order valence-electron chi connectivity index (χ1n) is 9.95. The minimum Gasteiger partial charge on any atom is -0.285 e. The second kappa shape index (κ2) is 8.08. The molecule has 0 unspecified atom stereocenters. The molecule has 3 heterocycles. The van der Waals surface area contributed by atoms with Crippen molar-refractivity contribution in [2.45, 2.75) is 25.7 Å². The van der Waals surface area contributed by atoms with Crippen molar-refractivity contribution in [2.75, 3.05) is 0 Å². The van der Waals surface area contributed by atoms with Crippen LogP contribution in [0.3, 0.4) is 0 Å². The lowest BCUT2D eigenvalue weighted by atomic mass is 10.2. The number of amides is 1. The van der Waals surface area contributed by atoms with Crippen molar-refractivity contribution in [1.82, 2.24) is 24.1 Å². The highest BCUT2D eigenvalue weighted by molar-refractivity contribution is 7.90. The topological polar surface area (TPSA) is 98.9 Å². The molecule has 0 atom stereocenters. The molecule has 0 spiro atoms. The predicted molar refractivity (Wildman–Crippen MR) is 123 cm³/mol. The standard InChI is InChI=1S/C23H23N5O3S/c1-15-7-9-18(10-8-15)32(30,31)26-21(29)12-11-20-17(3)25-27(4)23(20)28-14-16(2)19-6-5-13-24-22(19)28/h5-14H,1-4H3,(H,26,29)/b12-11+. The number of hydrogen-bond donors (Lipinski definition) is 1. The Morgan fingerprint density at radius 3 is 2.53 bits per heavy atom. The van der Waals surface area contributed by atoms with Crippen LogP contribution in [0.1, 0.15) is 22.4 Å². The van der Waals surface area contributed by atoms with Crippen LogP contribution < -0.4 is 4.72 Å². The zero-order valence-corrected chi connectivity index (χ0v) is 19.0. The summed E-state index contributed by atoms with van der Waals surface area (Å²) in [5.41, 5.74) is 4.15. The minimum atomic E-state index is -3.96. The normalized spacial score (nSPS) is 12.0. The van der Waals surface area contributed by atoms with Crippen LogP contribution in [0.5, 0.6) is 0 Å². The molecule has 0 saturated heterocycles. The van der Waals surface area contributed by atoms with E-state index in [4.69, 9.17) is 0 Å². The largest absolute Gasteiger partial charge is 0.285 e. The molecule has 0 fully saturated rings. The highest BCUT2D eigenvalue weighted by Gasteiger charge is 2.19. The van der Waals surface area contributed by atoms with Crippen molar-refractivity contribution in [2.24, 2.45) is 7.05 Å². The SMILES string of the molecule is Cc1ccc(S(=O)(=O)NC(=O)/C=C/c2c(C)nn(C)c2-n2cc(C)c3cccnc32)cc1. The smallest absolute Gasteiger partial charge is 0.264 e. The van der Waals surface area contributed by atoms with Crippen LogP contribution in [0.2, 0.25) is 0 Å². The van der Waals surface area contributed by atoms with Crippen molar-refractivity contribution in [3.8, 4) is 5.82 Å². The fraction of sp³-hybridized carbons (Fsp3) is 0.174. The Morgan fingerprint density at radius 1 is 1.09 bits per heavy atom. The number of aryl methyl sites for hydroxylation is 4. The maximum absolute atomic E-state index is 12.5. The van der Waals surface area contributed by atoms with E-state index in [0.717, 1.165) is 28.0 Å². The Hall–Kier alpha value is -3.72. The van der Waals surface area contributed by atoms with Gasteiger partial charge in [-0.25, -0.2) is 18.1 Å². The first-order chi connectivity index (χ1) is 15.2. The molecule has 1 aromatic carbocycles. The van der Waals surface area contributed by atoms with E-state index in [1.54, 1.807) is 29.1 Å². The maximum atomic E-state index is 12.5. The number of fused-ring (bicyclic) bond motifs is 1. The van der Waals surface area contributed by atoms with Crippen LogP contribution in [0, 0.1) is 20.8 Å². The Morgan fingerprint density at radius 2 is 1.81 bits per heavy atom. The summed E-state index contributed by atoms with van der Waals surface area (Å²) in [4.78, 5) is 17.0. The van der Waals surface area contributed by atoms with Crippen molar-refractivity contribution >= 4 is 33.0 Å². The lowest BCUT2D eigenvalue weighted by Gasteiger charge is -2.07. The van der Waals surface area contributed by atoms with E-state index >= 15 is 0 Å². The quantitative estimate of drug-likeness (QED) is 0.472. The summed E-state index contributed by atoms with van der Waals surface area (Å²) in [7, 11) is -2.15. The molecular weight excluding hydrogens is 426 g/mol. The van der Waals surface area contributed by atoms with Gasteiger partial charge < -0.3 is 0 Å². The lowest BCUT2D eigenvalue weighted by Crippen LogP contribution is -2.28. The molecule has 1 N–H and O–H groups in total. The van der Waals surface area contributed by atoms with Crippen molar-refractivity contribution in [3.63, 3.8) is 0 Å². The molecule has 0 aliphatic rings. The zero-order valence-electron chi connectivity index (χ0n) is 18.2. The number of nitrogens with one attached hydrogen (secondary N) is 1. The van der Waals surface area contributed by atoms with Crippen LogP contribution in [0.25, 0.3) is 22.9 Å².